The number of nitrogens with zero attached hydrogens (tertiary/aromatic N) is 2. The first kappa shape index (κ1) is 15.7. The molecule has 0 unspecified atom stereocenters. The van der Waals surface area contributed by atoms with E-state index in [0.29, 0.717) is 18.8 Å². The van der Waals surface area contributed by atoms with Gasteiger partial charge in [-0.15, -0.1) is 13.2 Å². The average Bonchev–Trinajstić information content (AvgIpc) is 2.96. The van der Waals surface area contributed by atoms with Gasteiger partial charge in [0, 0.05) is 36.6 Å². The van der Waals surface area contributed by atoms with Gasteiger partial charge in [0.2, 0.25) is 0 Å². The number of aromatic hydroxyl groups is 1. The van der Waals surface area contributed by atoms with E-state index in [0.717, 1.165) is 18.9 Å². The Labute approximate surface area is 130 Å². The van der Waals surface area contributed by atoms with Crippen LogP contribution in [-0.2, 0) is 4.74 Å². The van der Waals surface area contributed by atoms with Gasteiger partial charge in [-0.2, -0.15) is 5.10 Å². The van der Waals surface area contributed by atoms with Gasteiger partial charge in [-0.25, -0.2) is 0 Å². The fourth-order valence-corrected chi connectivity index (χ4v) is 2.59. The van der Waals surface area contributed by atoms with Crippen LogP contribution < -0.4 is 4.74 Å². The highest BCUT2D eigenvalue weighted by molar-refractivity contribution is 5.70. The van der Waals surface area contributed by atoms with E-state index in [2.05, 4.69) is 9.84 Å². The van der Waals surface area contributed by atoms with Crippen molar-refractivity contribution in [2.24, 2.45) is 0 Å². The van der Waals surface area contributed by atoms with Crippen molar-refractivity contribution in [2.45, 2.75) is 25.2 Å². The van der Waals surface area contributed by atoms with Gasteiger partial charge in [0.25, 0.3) is 0 Å². The Hall–Kier alpha value is -2.22. The lowest BCUT2D eigenvalue weighted by atomic mass is 10.1. The summed E-state index contributed by atoms with van der Waals surface area (Å²) in [6, 6.07) is 3.79. The number of benzene rings is 1. The highest BCUT2D eigenvalue weighted by Crippen LogP contribution is 2.36. The predicted octanol–water partition coefficient (Wildman–Crippen LogP) is 3.51. The summed E-state index contributed by atoms with van der Waals surface area (Å²) in [5, 5.41) is 13.6. The Bertz CT molecular complexity index is 679. The van der Waals surface area contributed by atoms with Crippen LogP contribution in [0.1, 0.15) is 18.9 Å². The number of phenols is 1. The van der Waals surface area contributed by atoms with Crippen molar-refractivity contribution in [3.8, 4) is 22.6 Å². The lowest BCUT2D eigenvalue weighted by molar-refractivity contribution is -0.274. The van der Waals surface area contributed by atoms with E-state index in [-0.39, 0.29) is 17.4 Å². The summed E-state index contributed by atoms with van der Waals surface area (Å²) in [7, 11) is 0. The molecule has 5 nitrogen and oxygen atoms in total. The Morgan fingerprint density at radius 1 is 1.26 bits per heavy atom. The molecule has 23 heavy (non-hydrogen) atoms. The van der Waals surface area contributed by atoms with E-state index < -0.39 is 12.1 Å². The first-order valence-corrected chi connectivity index (χ1v) is 7.13. The smallest absolute Gasteiger partial charge is 0.508 e. The quantitative estimate of drug-likeness (QED) is 0.937. The molecular weight excluding hydrogens is 313 g/mol. The molecule has 2 heterocycles. The predicted molar refractivity (Wildman–Crippen MR) is 75.1 cm³/mol. The van der Waals surface area contributed by atoms with E-state index >= 15 is 0 Å². The second kappa shape index (κ2) is 6.11. The zero-order valence-electron chi connectivity index (χ0n) is 12.1. The van der Waals surface area contributed by atoms with E-state index in [1.165, 1.54) is 18.3 Å². The lowest BCUT2D eigenvalue weighted by Crippen LogP contribution is -2.19. The normalized spacial score (nSPS) is 16.5. The standard InChI is InChI=1S/C15H15F3N2O3/c16-15(17,18)23-14-7-12(21)1-2-13(14)10-8-19-20(9-10)11-3-5-22-6-4-11/h1-2,7-9,11,21H,3-6H2. The summed E-state index contributed by atoms with van der Waals surface area (Å²) in [6.45, 7) is 1.28. The maximum Gasteiger partial charge on any atom is 0.573 e. The van der Waals surface area contributed by atoms with E-state index in [1.807, 2.05) is 0 Å². The summed E-state index contributed by atoms with van der Waals surface area (Å²) in [4.78, 5) is 0. The van der Waals surface area contributed by atoms with E-state index in [4.69, 9.17) is 4.74 Å². The Kier molecular flexibility index (Phi) is 4.16. The summed E-state index contributed by atoms with van der Waals surface area (Å²) in [5.41, 5.74) is 0.717. The van der Waals surface area contributed by atoms with Crippen molar-refractivity contribution in [3.63, 3.8) is 0 Å². The van der Waals surface area contributed by atoms with Gasteiger partial charge >= 0.3 is 6.36 Å². The highest BCUT2D eigenvalue weighted by Gasteiger charge is 2.32. The number of phenolic OH excluding ortho intramolecular Hbond substituents is 1. The van der Waals surface area contributed by atoms with Crippen LogP contribution in [-0.4, -0.2) is 34.5 Å². The molecule has 1 aliphatic rings. The van der Waals surface area contributed by atoms with Crippen molar-refractivity contribution in [2.75, 3.05) is 13.2 Å². The van der Waals surface area contributed by atoms with Gasteiger partial charge < -0.3 is 14.6 Å². The first-order chi connectivity index (χ1) is 10.9. The molecule has 1 saturated heterocycles. The van der Waals surface area contributed by atoms with Crippen LogP contribution in [0.15, 0.2) is 30.6 Å². The number of hydrogen-bond donors (Lipinski definition) is 1. The molecule has 0 bridgehead atoms. The van der Waals surface area contributed by atoms with Crippen molar-refractivity contribution in [1.82, 2.24) is 9.78 Å². The van der Waals surface area contributed by atoms with Crippen LogP contribution in [0.4, 0.5) is 13.2 Å². The largest absolute Gasteiger partial charge is 0.573 e. The fourth-order valence-electron chi connectivity index (χ4n) is 2.59. The van der Waals surface area contributed by atoms with Crippen LogP contribution in [0, 0.1) is 0 Å². The molecule has 0 spiro atoms. The molecule has 0 saturated carbocycles. The van der Waals surface area contributed by atoms with Gasteiger partial charge in [0.15, 0.2) is 0 Å². The number of alkyl halides is 3. The van der Waals surface area contributed by atoms with Gasteiger partial charge in [0.1, 0.15) is 11.5 Å². The second-order valence-corrected chi connectivity index (χ2v) is 5.28. The van der Waals surface area contributed by atoms with Crippen LogP contribution in [0.3, 0.4) is 0 Å². The molecule has 1 aromatic heterocycles. The number of halogens is 3. The summed E-state index contributed by atoms with van der Waals surface area (Å²) >= 11 is 0. The minimum Gasteiger partial charge on any atom is -0.508 e. The first-order valence-electron chi connectivity index (χ1n) is 7.13. The van der Waals surface area contributed by atoms with Gasteiger partial charge in [-0.3, -0.25) is 4.68 Å². The molecular formula is C15H15F3N2O3. The van der Waals surface area contributed by atoms with Crippen molar-refractivity contribution >= 4 is 0 Å². The molecule has 1 fully saturated rings. The number of aromatic nitrogens is 2. The summed E-state index contributed by atoms with van der Waals surface area (Å²) in [6.07, 6.45) is -0.0405. The van der Waals surface area contributed by atoms with Gasteiger partial charge in [-0.1, -0.05) is 0 Å². The van der Waals surface area contributed by atoms with Crippen LogP contribution in [0.25, 0.3) is 11.1 Å². The Balaban J connectivity index is 1.90. The second-order valence-electron chi connectivity index (χ2n) is 5.28. The Morgan fingerprint density at radius 3 is 2.70 bits per heavy atom. The van der Waals surface area contributed by atoms with E-state index in [1.54, 1.807) is 10.9 Å². The third-order valence-corrected chi connectivity index (χ3v) is 3.67. The highest BCUT2D eigenvalue weighted by atomic mass is 19.4. The maximum atomic E-state index is 12.5. The summed E-state index contributed by atoms with van der Waals surface area (Å²) < 4.78 is 48.6. The Morgan fingerprint density at radius 2 is 2.00 bits per heavy atom. The molecule has 124 valence electrons. The third kappa shape index (κ3) is 3.76. The van der Waals surface area contributed by atoms with Crippen LogP contribution in [0.5, 0.6) is 11.5 Å². The van der Waals surface area contributed by atoms with Crippen molar-refractivity contribution in [1.29, 1.82) is 0 Å². The molecule has 1 aromatic carbocycles. The lowest BCUT2D eigenvalue weighted by Gasteiger charge is -2.22. The molecule has 0 atom stereocenters. The minimum atomic E-state index is -4.83. The third-order valence-electron chi connectivity index (χ3n) is 3.67. The molecule has 2 aromatic rings. The van der Waals surface area contributed by atoms with Crippen LogP contribution in [0.2, 0.25) is 0 Å². The van der Waals surface area contributed by atoms with E-state index in [9.17, 15) is 18.3 Å². The number of ether oxygens (including phenoxy) is 2. The van der Waals surface area contributed by atoms with Gasteiger partial charge in [-0.05, 0) is 25.0 Å². The molecule has 8 heteroatoms. The topological polar surface area (TPSA) is 56.5 Å². The zero-order valence-corrected chi connectivity index (χ0v) is 12.1. The molecule has 0 amide bonds. The number of rotatable bonds is 3. The minimum absolute atomic E-state index is 0.168. The molecule has 3 rings (SSSR count). The molecule has 0 aliphatic carbocycles. The summed E-state index contributed by atoms with van der Waals surface area (Å²) in [5.74, 6) is -0.756. The molecule has 0 radical (unpaired) electrons. The van der Waals surface area contributed by atoms with Crippen molar-refractivity contribution in [3.05, 3.63) is 30.6 Å². The molecule has 1 aliphatic heterocycles. The maximum absolute atomic E-state index is 12.5. The van der Waals surface area contributed by atoms with Crippen LogP contribution >= 0.6 is 0 Å². The fraction of sp³-hybridized carbons (Fsp3) is 0.400. The molecule has 1 N–H and O–H groups in total. The number of hydrogen-bond acceptors (Lipinski definition) is 4. The van der Waals surface area contributed by atoms with Gasteiger partial charge in [0.05, 0.1) is 12.2 Å². The van der Waals surface area contributed by atoms with Crippen molar-refractivity contribution < 1.29 is 27.8 Å². The monoisotopic (exact) mass is 328 g/mol. The average molecular weight is 328 g/mol. The SMILES string of the molecule is Oc1ccc(-c2cnn(C3CCOCC3)c2)c(OC(F)(F)F)c1. The zero-order chi connectivity index (χ0) is 16.4.